The lowest BCUT2D eigenvalue weighted by Crippen LogP contribution is -2.43. The molecule has 0 bridgehead atoms. The van der Waals surface area contributed by atoms with Gasteiger partial charge in [0.2, 0.25) is 5.95 Å². The van der Waals surface area contributed by atoms with Crippen LogP contribution in [0.2, 0.25) is 0 Å². The molecule has 8 heteroatoms. The van der Waals surface area contributed by atoms with Crippen LogP contribution in [0.5, 0.6) is 0 Å². The molecule has 1 unspecified atom stereocenters. The predicted octanol–water partition coefficient (Wildman–Crippen LogP) is 0.879. The summed E-state index contributed by atoms with van der Waals surface area (Å²) in [4.78, 5) is 36.9. The minimum Gasteiger partial charge on any atom is -0.378 e. The number of nitrogens with one attached hydrogen (secondary N) is 1. The van der Waals surface area contributed by atoms with Crippen LogP contribution in [0.25, 0.3) is 0 Å². The van der Waals surface area contributed by atoms with Crippen LogP contribution in [0, 0.1) is 0 Å². The molecule has 4 rings (SSSR count). The third kappa shape index (κ3) is 3.65. The number of fused-ring (bicyclic) bond motifs is 1. The molecule has 0 saturated carbocycles. The monoisotopic (exact) mass is 384 g/mol. The molecule has 1 saturated heterocycles. The summed E-state index contributed by atoms with van der Waals surface area (Å²) in [6, 6.07) is 9.39. The molecule has 1 amide bonds. The van der Waals surface area contributed by atoms with Crippen molar-refractivity contribution >= 4 is 11.9 Å². The number of morpholine rings is 1. The highest BCUT2D eigenvalue weighted by atomic mass is 16.5. The second-order valence-electron chi connectivity index (χ2n) is 6.95. The fourth-order valence-corrected chi connectivity index (χ4v) is 3.70. The van der Waals surface area contributed by atoms with Crippen LogP contribution in [-0.2, 0) is 27.2 Å². The molecule has 2 aliphatic rings. The van der Waals surface area contributed by atoms with Crippen LogP contribution in [-0.4, -0.2) is 60.7 Å². The molecule has 2 aliphatic heterocycles. The first kappa shape index (κ1) is 18.6. The highest BCUT2D eigenvalue weighted by Crippen LogP contribution is 2.23. The smallest absolute Gasteiger partial charge is 0.257 e. The van der Waals surface area contributed by atoms with Gasteiger partial charge in [0.15, 0.2) is 6.10 Å². The van der Waals surface area contributed by atoms with E-state index in [1.165, 1.54) is 7.11 Å². The average molecular weight is 384 g/mol. The maximum Gasteiger partial charge on any atom is 0.257 e. The normalized spacial score (nSPS) is 17.9. The second kappa shape index (κ2) is 8.12. The summed E-state index contributed by atoms with van der Waals surface area (Å²) in [5, 5.41) is 0. The van der Waals surface area contributed by atoms with Crippen molar-refractivity contribution in [2.24, 2.45) is 0 Å². The molecule has 148 valence electrons. The Hall–Kier alpha value is -2.71. The van der Waals surface area contributed by atoms with Gasteiger partial charge in [-0.1, -0.05) is 30.3 Å². The number of amides is 1. The Morgan fingerprint density at radius 2 is 1.96 bits per heavy atom. The van der Waals surface area contributed by atoms with Crippen molar-refractivity contribution < 1.29 is 14.3 Å². The molecule has 0 aliphatic carbocycles. The van der Waals surface area contributed by atoms with Gasteiger partial charge in [0.05, 0.1) is 31.0 Å². The third-order valence-corrected chi connectivity index (χ3v) is 5.24. The molecule has 0 spiro atoms. The number of anilines is 1. The topological polar surface area (TPSA) is 87.8 Å². The van der Waals surface area contributed by atoms with Gasteiger partial charge >= 0.3 is 0 Å². The van der Waals surface area contributed by atoms with Crippen molar-refractivity contribution in [3.05, 3.63) is 57.5 Å². The van der Waals surface area contributed by atoms with Gasteiger partial charge in [0.25, 0.3) is 11.5 Å². The Labute approximate surface area is 163 Å². The quantitative estimate of drug-likeness (QED) is 0.842. The number of aromatic amines is 1. The molecule has 0 radical (unpaired) electrons. The molecule has 28 heavy (non-hydrogen) atoms. The van der Waals surface area contributed by atoms with E-state index < -0.39 is 6.10 Å². The van der Waals surface area contributed by atoms with Crippen molar-refractivity contribution in [3.63, 3.8) is 0 Å². The van der Waals surface area contributed by atoms with Gasteiger partial charge in [-0.05, 0) is 5.56 Å². The van der Waals surface area contributed by atoms with E-state index in [0.717, 1.165) is 11.3 Å². The molecule has 2 aromatic rings. The zero-order valence-corrected chi connectivity index (χ0v) is 15.9. The number of H-pyrrole nitrogens is 1. The van der Waals surface area contributed by atoms with E-state index in [2.05, 4.69) is 9.97 Å². The Balaban J connectivity index is 1.54. The molecule has 1 aromatic heterocycles. The summed E-state index contributed by atoms with van der Waals surface area (Å²) in [6.45, 7) is 3.42. The Kier molecular flexibility index (Phi) is 5.40. The molecule has 1 N–H and O–H groups in total. The van der Waals surface area contributed by atoms with Gasteiger partial charge in [0.1, 0.15) is 0 Å². The van der Waals surface area contributed by atoms with Crippen molar-refractivity contribution in [3.8, 4) is 0 Å². The molecular formula is C20H24N4O4. The standard InChI is InChI=1S/C20H24N4O4/c1-27-17(14-5-3-2-4-6-14)19(26)24-8-7-16-15(13-24)18(25)22-20(21-16)23-9-11-28-12-10-23/h2-6,17H,7-13H2,1H3,(H,21,22,25). The van der Waals surface area contributed by atoms with Gasteiger partial charge < -0.3 is 19.3 Å². The number of carbonyl (C=O) groups excluding carboxylic acids is 1. The maximum atomic E-state index is 13.0. The van der Waals surface area contributed by atoms with E-state index in [0.29, 0.717) is 50.8 Å². The van der Waals surface area contributed by atoms with E-state index in [-0.39, 0.29) is 18.0 Å². The van der Waals surface area contributed by atoms with Gasteiger partial charge in [-0.2, -0.15) is 0 Å². The summed E-state index contributed by atoms with van der Waals surface area (Å²) in [5.41, 5.74) is 1.94. The largest absolute Gasteiger partial charge is 0.378 e. The highest BCUT2D eigenvalue weighted by molar-refractivity contribution is 5.82. The van der Waals surface area contributed by atoms with Crippen LogP contribution in [0.3, 0.4) is 0 Å². The zero-order valence-electron chi connectivity index (χ0n) is 15.9. The minimum absolute atomic E-state index is 0.143. The van der Waals surface area contributed by atoms with E-state index in [9.17, 15) is 9.59 Å². The fourth-order valence-electron chi connectivity index (χ4n) is 3.70. The van der Waals surface area contributed by atoms with Gasteiger partial charge in [-0.25, -0.2) is 4.98 Å². The highest BCUT2D eigenvalue weighted by Gasteiger charge is 2.30. The fraction of sp³-hybridized carbons (Fsp3) is 0.450. The van der Waals surface area contributed by atoms with Crippen LogP contribution >= 0.6 is 0 Å². The number of ether oxygens (including phenoxy) is 2. The second-order valence-corrected chi connectivity index (χ2v) is 6.95. The average Bonchev–Trinajstić information content (AvgIpc) is 2.75. The number of rotatable bonds is 4. The van der Waals surface area contributed by atoms with Crippen LogP contribution < -0.4 is 10.5 Å². The number of hydrogen-bond acceptors (Lipinski definition) is 6. The number of carbonyl (C=O) groups is 1. The lowest BCUT2D eigenvalue weighted by Gasteiger charge is -2.32. The Morgan fingerprint density at radius 1 is 1.21 bits per heavy atom. The number of aromatic nitrogens is 2. The minimum atomic E-state index is -0.678. The first-order chi connectivity index (χ1) is 13.7. The van der Waals surface area contributed by atoms with E-state index >= 15 is 0 Å². The summed E-state index contributed by atoms with van der Waals surface area (Å²) in [7, 11) is 1.52. The zero-order chi connectivity index (χ0) is 19.5. The van der Waals surface area contributed by atoms with Gasteiger partial charge in [0, 0.05) is 33.2 Å². The molecular weight excluding hydrogens is 360 g/mol. The van der Waals surface area contributed by atoms with Crippen molar-refractivity contribution in [2.45, 2.75) is 19.1 Å². The third-order valence-electron chi connectivity index (χ3n) is 5.24. The van der Waals surface area contributed by atoms with E-state index in [1.807, 2.05) is 35.2 Å². The van der Waals surface area contributed by atoms with Gasteiger partial charge in [-0.3, -0.25) is 14.6 Å². The molecule has 3 heterocycles. The first-order valence-electron chi connectivity index (χ1n) is 9.48. The molecule has 1 atom stereocenters. The SMILES string of the molecule is COC(C(=O)N1CCc2nc(N3CCOCC3)[nH]c(=O)c2C1)c1ccccc1. The summed E-state index contributed by atoms with van der Waals surface area (Å²) < 4.78 is 10.8. The van der Waals surface area contributed by atoms with Crippen molar-refractivity contribution in [2.75, 3.05) is 44.9 Å². The first-order valence-corrected chi connectivity index (χ1v) is 9.48. The van der Waals surface area contributed by atoms with Gasteiger partial charge in [-0.15, -0.1) is 0 Å². The Morgan fingerprint density at radius 3 is 2.68 bits per heavy atom. The summed E-state index contributed by atoms with van der Waals surface area (Å²) in [5.74, 6) is 0.446. The number of methoxy groups -OCH3 is 1. The van der Waals surface area contributed by atoms with Crippen molar-refractivity contribution in [1.29, 1.82) is 0 Å². The molecule has 1 fully saturated rings. The van der Waals surface area contributed by atoms with Crippen LogP contribution in [0.1, 0.15) is 22.9 Å². The van der Waals surface area contributed by atoms with E-state index in [4.69, 9.17) is 9.47 Å². The number of nitrogens with zero attached hydrogens (tertiary/aromatic N) is 3. The maximum absolute atomic E-state index is 13.0. The summed E-state index contributed by atoms with van der Waals surface area (Å²) >= 11 is 0. The number of benzene rings is 1. The molecule has 8 nitrogen and oxygen atoms in total. The van der Waals surface area contributed by atoms with Crippen LogP contribution in [0.4, 0.5) is 5.95 Å². The lowest BCUT2D eigenvalue weighted by molar-refractivity contribution is -0.143. The number of hydrogen-bond donors (Lipinski definition) is 1. The predicted molar refractivity (Wildman–Crippen MR) is 103 cm³/mol. The molecule has 1 aromatic carbocycles. The van der Waals surface area contributed by atoms with Crippen molar-refractivity contribution in [1.82, 2.24) is 14.9 Å². The van der Waals surface area contributed by atoms with E-state index in [1.54, 1.807) is 4.90 Å². The van der Waals surface area contributed by atoms with Crippen LogP contribution in [0.15, 0.2) is 35.1 Å². The Bertz CT molecular complexity index is 893. The summed E-state index contributed by atoms with van der Waals surface area (Å²) in [6.07, 6.45) is -0.129. The lowest BCUT2D eigenvalue weighted by atomic mass is 10.0.